The lowest BCUT2D eigenvalue weighted by Crippen LogP contribution is -2.23. The molecule has 2 aromatic rings. The summed E-state index contributed by atoms with van der Waals surface area (Å²) in [5, 5.41) is 2.86. The molecule has 0 fully saturated rings. The summed E-state index contributed by atoms with van der Waals surface area (Å²) in [5.41, 5.74) is 1.24. The molecule has 0 radical (unpaired) electrons. The maximum absolute atomic E-state index is 14.1. The quantitative estimate of drug-likeness (QED) is 0.925. The lowest BCUT2D eigenvalue weighted by Gasteiger charge is -2.17. The van der Waals surface area contributed by atoms with Crippen LogP contribution in [0.3, 0.4) is 0 Å². The second-order valence-corrected chi connectivity index (χ2v) is 4.43. The van der Waals surface area contributed by atoms with E-state index in [1.807, 2.05) is 6.92 Å². The molecular formula is C14H15F2N3. The fraction of sp³-hybridized carbons (Fsp3) is 0.286. The van der Waals surface area contributed by atoms with Crippen LogP contribution in [0.4, 0.5) is 8.78 Å². The van der Waals surface area contributed by atoms with Crippen molar-refractivity contribution in [3.8, 4) is 0 Å². The highest BCUT2D eigenvalue weighted by Gasteiger charge is 2.23. The monoisotopic (exact) mass is 263 g/mol. The number of aryl methyl sites for hydroxylation is 2. The van der Waals surface area contributed by atoms with Crippen molar-refractivity contribution in [2.45, 2.75) is 19.9 Å². The van der Waals surface area contributed by atoms with Gasteiger partial charge in [0.25, 0.3) is 0 Å². The molecule has 0 saturated heterocycles. The Balaban J connectivity index is 2.54. The molecule has 3 nitrogen and oxygen atoms in total. The van der Waals surface area contributed by atoms with Gasteiger partial charge in [0, 0.05) is 18.0 Å². The molecule has 5 heteroatoms. The van der Waals surface area contributed by atoms with E-state index in [1.165, 1.54) is 12.1 Å². The normalized spacial score (nSPS) is 12.5. The average molecular weight is 263 g/mol. The first kappa shape index (κ1) is 13.5. The maximum atomic E-state index is 14.1. The first-order valence-electron chi connectivity index (χ1n) is 5.95. The van der Waals surface area contributed by atoms with Crippen molar-refractivity contribution in [3.05, 3.63) is 58.7 Å². The van der Waals surface area contributed by atoms with E-state index in [-0.39, 0.29) is 5.56 Å². The molecule has 0 bridgehead atoms. The minimum Gasteiger partial charge on any atom is -0.307 e. The smallest absolute Gasteiger partial charge is 0.149 e. The SMILES string of the molecule is CNC(c1ncc(C)cn1)c1c(F)ccc(C)c1F. The van der Waals surface area contributed by atoms with Crippen LogP contribution in [0.1, 0.15) is 28.6 Å². The maximum Gasteiger partial charge on any atom is 0.149 e. The molecule has 1 unspecified atom stereocenters. The third kappa shape index (κ3) is 2.61. The van der Waals surface area contributed by atoms with Crippen LogP contribution < -0.4 is 5.32 Å². The van der Waals surface area contributed by atoms with Crippen LogP contribution >= 0.6 is 0 Å². The van der Waals surface area contributed by atoms with E-state index in [4.69, 9.17) is 0 Å². The first-order chi connectivity index (χ1) is 9.04. The van der Waals surface area contributed by atoms with E-state index in [1.54, 1.807) is 26.4 Å². The zero-order chi connectivity index (χ0) is 14.0. The van der Waals surface area contributed by atoms with Crippen molar-refractivity contribution in [3.63, 3.8) is 0 Å². The highest BCUT2D eigenvalue weighted by atomic mass is 19.1. The third-order valence-corrected chi connectivity index (χ3v) is 2.96. The first-order valence-corrected chi connectivity index (χ1v) is 5.95. The minimum absolute atomic E-state index is 0.0497. The highest BCUT2D eigenvalue weighted by Crippen LogP contribution is 2.26. The molecule has 1 aromatic carbocycles. The summed E-state index contributed by atoms with van der Waals surface area (Å²) < 4.78 is 28.0. The summed E-state index contributed by atoms with van der Waals surface area (Å²) >= 11 is 0. The molecule has 100 valence electrons. The zero-order valence-electron chi connectivity index (χ0n) is 11.0. The Kier molecular flexibility index (Phi) is 3.85. The van der Waals surface area contributed by atoms with E-state index in [0.717, 1.165) is 5.56 Å². The number of nitrogens with one attached hydrogen (secondary N) is 1. The van der Waals surface area contributed by atoms with Gasteiger partial charge in [-0.25, -0.2) is 18.7 Å². The molecule has 0 saturated carbocycles. The summed E-state index contributed by atoms with van der Waals surface area (Å²) in [6.45, 7) is 3.45. The standard InChI is InChI=1S/C14H15F2N3/c1-8-6-18-14(19-7-8)13(17-3)11-10(15)5-4-9(2)12(11)16/h4-7,13,17H,1-3H3. The molecule has 1 atom stereocenters. The van der Waals surface area contributed by atoms with Crippen molar-refractivity contribution in [2.75, 3.05) is 7.05 Å². The number of hydrogen-bond acceptors (Lipinski definition) is 3. The zero-order valence-corrected chi connectivity index (χ0v) is 11.0. The third-order valence-electron chi connectivity index (χ3n) is 2.96. The lowest BCUT2D eigenvalue weighted by molar-refractivity contribution is 0.508. The summed E-state index contributed by atoms with van der Waals surface area (Å²) in [5.74, 6) is -0.827. The van der Waals surface area contributed by atoms with Crippen molar-refractivity contribution < 1.29 is 8.78 Å². The second-order valence-electron chi connectivity index (χ2n) is 4.43. The summed E-state index contributed by atoms with van der Waals surface area (Å²) in [4.78, 5) is 8.26. The summed E-state index contributed by atoms with van der Waals surface area (Å²) in [6, 6.07) is 1.96. The minimum atomic E-state index is -0.708. The van der Waals surface area contributed by atoms with Gasteiger partial charge in [-0.15, -0.1) is 0 Å². The molecule has 19 heavy (non-hydrogen) atoms. The average Bonchev–Trinajstić information content (AvgIpc) is 2.40. The topological polar surface area (TPSA) is 37.8 Å². The van der Waals surface area contributed by atoms with Crippen molar-refractivity contribution in [1.29, 1.82) is 0 Å². The number of rotatable bonds is 3. The Morgan fingerprint density at radius 2 is 1.74 bits per heavy atom. The Morgan fingerprint density at radius 3 is 2.32 bits per heavy atom. The van der Waals surface area contributed by atoms with Gasteiger partial charge in [0.05, 0.1) is 6.04 Å². The van der Waals surface area contributed by atoms with Crippen LogP contribution in [0, 0.1) is 25.5 Å². The molecule has 0 aliphatic rings. The molecule has 0 amide bonds. The Labute approximate surface area is 110 Å². The van der Waals surface area contributed by atoms with Crippen molar-refractivity contribution >= 4 is 0 Å². The van der Waals surface area contributed by atoms with E-state index in [0.29, 0.717) is 11.4 Å². The molecule has 0 spiro atoms. The molecule has 0 aliphatic heterocycles. The fourth-order valence-electron chi connectivity index (χ4n) is 1.90. The number of nitrogens with zero attached hydrogens (tertiary/aromatic N) is 2. The van der Waals surface area contributed by atoms with Crippen LogP contribution in [-0.2, 0) is 0 Å². The van der Waals surface area contributed by atoms with E-state index >= 15 is 0 Å². The highest BCUT2D eigenvalue weighted by molar-refractivity contribution is 5.32. The predicted molar refractivity (Wildman–Crippen MR) is 68.8 cm³/mol. The number of aromatic nitrogens is 2. The van der Waals surface area contributed by atoms with Gasteiger partial charge >= 0.3 is 0 Å². The molecule has 1 heterocycles. The van der Waals surface area contributed by atoms with E-state index < -0.39 is 17.7 Å². The number of hydrogen-bond donors (Lipinski definition) is 1. The van der Waals surface area contributed by atoms with Gasteiger partial charge in [-0.3, -0.25) is 0 Å². The van der Waals surface area contributed by atoms with Crippen LogP contribution in [-0.4, -0.2) is 17.0 Å². The van der Waals surface area contributed by atoms with Gasteiger partial charge in [-0.05, 0) is 38.1 Å². The van der Waals surface area contributed by atoms with Gasteiger partial charge in [-0.1, -0.05) is 6.07 Å². The number of halogens is 2. The van der Waals surface area contributed by atoms with Crippen LogP contribution in [0.15, 0.2) is 24.5 Å². The van der Waals surface area contributed by atoms with Gasteiger partial charge in [0.15, 0.2) is 0 Å². The number of benzene rings is 1. The van der Waals surface area contributed by atoms with Crippen LogP contribution in [0.25, 0.3) is 0 Å². The van der Waals surface area contributed by atoms with Crippen LogP contribution in [0.2, 0.25) is 0 Å². The Morgan fingerprint density at radius 1 is 1.11 bits per heavy atom. The van der Waals surface area contributed by atoms with Crippen molar-refractivity contribution in [2.24, 2.45) is 0 Å². The van der Waals surface area contributed by atoms with Crippen LogP contribution in [0.5, 0.6) is 0 Å². The molecule has 1 aromatic heterocycles. The fourth-order valence-corrected chi connectivity index (χ4v) is 1.90. The van der Waals surface area contributed by atoms with Gasteiger partial charge < -0.3 is 5.32 Å². The van der Waals surface area contributed by atoms with Crippen molar-refractivity contribution in [1.82, 2.24) is 15.3 Å². The largest absolute Gasteiger partial charge is 0.307 e. The van der Waals surface area contributed by atoms with E-state index in [9.17, 15) is 8.78 Å². The summed E-state index contributed by atoms with van der Waals surface area (Å²) in [6.07, 6.45) is 3.25. The molecule has 2 rings (SSSR count). The van der Waals surface area contributed by atoms with Gasteiger partial charge in [0.2, 0.25) is 0 Å². The Bertz CT molecular complexity index is 582. The second kappa shape index (κ2) is 5.40. The molecular weight excluding hydrogens is 248 g/mol. The van der Waals surface area contributed by atoms with E-state index in [2.05, 4.69) is 15.3 Å². The lowest BCUT2D eigenvalue weighted by atomic mass is 10.0. The molecule has 1 N–H and O–H groups in total. The Hall–Kier alpha value is -1.88. The predicted octanol–water partition coefficient (Wildman–Crippen LogP) is 2.68. The molecule has 0 aliphatic carbocycles. The van der Waals surface area contributed by atoms with Gasteiger partial charge in [-0.2, -0.15) is 0 Å². The van der Waals surface area contributed by atoms with Gasteiger partial charge in [0.1, 0.15) is 17.5 Å². The summed E-state index contributed by atoms with van der Waals surface area (Å²) in [7, 11) is 1.62.